The predicted molar refractivity (Wildman–Crippen MR) is 107 cm³/mol. The molecule has 1 unspecified atom stereocenters. The van der Waals surface area contributed by atoms with Crippen molar-refractivity contribution in [3.8, 4) is 5.75 Å². The standard InChI is InChI=1S/C23H23FN2O3/c1-28-21-10-3-2-9-20(21)23(27)26-11-5-7-17(15-26)22-25-14-19(29-22)13-16-6-4-8-18(24)12-16/h2-4,6,8-10,12,14,17H,5,7,11,13,15H2,1H3. The number of benzene rings is 2. The van der Waals surface area contributed by atoms with Gasteiger partial charge in [0.05, 0.1) is 24.8 Å². The highest BCUT2D eigenvalue weighted by Gasteiger charge is 2.29. The molecule has 1 fully saturated rings. The van der Waals surface area contributed by atoms with E-state index in [1.165, 1.54) is 12.1 Å². The molecular weight excluding hydrogens is 371 g/mol. The van der Waals surface area contributed by atoms with Crippen LogP contribution in [-0.4, -0.2) is 36.0 Å². The topological polar surface area (TPSA) is 55.6 Å². The first-order valence-corrected chi connectivity index (χ1v) is 9.75. The molecule has 1 aliphatic heterocycles. The SMILES string of the molecule is COc1ccccc1C(=O)N1CCCC(c2ncc(Cc3cccc(F)c3)o2)C1. The zero-order valence-electron chi connectivity index (χ0n) is 16.3. The Morgan fingerprint density at radius 1 is 1.28 bits per heavy atom. The highest BCUT2D eigenvalue weighted by molar-refractivity contribution is 5.97. The van der Waals surface area contributed by atoms with Gasteiger partial charge in [-0.1, -0.05) is 24.3 Å². The van der Waals surface area contributed by atoms with Crippen LogP contribution in [0.3, 0.4) is 0 Å². The summed E-state index contributed by atoms with van der Waals surface area (Å²) in [6.07, 6.45) is 3.98. The molecule has 0 radical (unpaired) electrons. The Hall–Kier alpha value is -3.15. The summed E-state index contributed by atoms with van der Waals surface area (Å²) >= 11 is 0. The second-order valence-electron chi connectivity index (χ2n) is 7.26. The summed E-state index contributed by atoms with van der Waals surface area (Å²) < 4.78 is 24.7. The molecule has 0 spiro atoms. The number of ether oxygens (including phenoxy) is 1. The van der Waals surface area contributed by atoms with Gasteiger partial charge in [0.1, 0.15) is 17.3 Å². The van der Waals surface area contributed by atoms with Gasteiger partial charge in [-0.25, -0.2) is 9.37 Å². The molecular formula is C23H23FN2O3. The van der Waals surface area contributed by atoms with E-state index in [2.05, 4.69) is 4.98 Å². The summed E-state index contributed by atoms with van der Waals surface area (Å²) in [6, 6.07) is 13.7. The van der Waals surface area contributed by atoms with Gasteiger partial charge in [0.15, 0.2) is 5.89 Å². The average molecular weight is 394 g/mol. The van der Waals surface area contributed by atoms with Crippen LogP contribution in [0.2, 0.25) is 0 Å². The van der Waals surface area contributed by atoms with Crippen LogP contribution in [0, 0.1) is 5.82 Å². The van der Waals surface area contributed by atoms with Gasteiger partial charge in [-0.05, 0) is 42.7 Å². The molecule has 0 saturated carbocycles. The molecule has 1 saturated heterocycles. The number of aromatic nitrogens is 1. The van der Waals surface area contributed by atoms with Gasteiger partial charge in [-0.15, -0.1) is 0 Å². The summed E-state index contributed by atoms with van der Waals surface area (Å²) in [4.78, 5) is 19.3. The van der Waals surface area contributed by atoms with Gasteiger partial charge in [0.25, 0.3) is 5.91 Å². The number of rotatable bonds is 5. The third kappa shape index (κ3) is 4.31. The minimum absolute atomic E-state index is 0.0429. The van der Waals surface area contributed by atoms with Crippen molar-refractivity contribution in [1.29, 1.82) is 0 Å². The van der Waals surface area contributed by atoms with E-state index in [0.717, 1.165) is 18.4 Å². The third-order valence-electron chi connectivity index (χ3n) is 5.23. The lowest BCUT2D eigenvalue weighted by Crippen LogP contribution is -2.39. The Balaban J connectivity index is 1.46. The molecule has 4 rings (SSSR count). The maximum absolute atomic E-state index is 13.4. The summed E-state index contributed by atoms with van der Waals surface area (Å²) in [6.45, 7) is 1.25. The van der Waals surface area contributed by atoms with Crippen LogP contribution >= 0.6 is 0 Å². The number of halogens is 1. The average Bonchev–Trinajstić information content (AvgIpc) is 3.22. The lowest BCUT2D eigenvalue weighted by Gasteiger charge is -2.31. The first-order valence-electron chi connectivity index (χ1n) is 9.75. The number of oxazole rings is 1. The van der Waals surface area contributed by atoms with Crippen molar-refractivity contribution < 1.29 is 18.3 Å². The molecule has 2 heterocycles. The Morgan fingerprint density at radius 3 is 2.97 bits per heavy atom. The monoisotopic (exact) mass is 394 g/mol. The van der Waals surface area contributed by atoms with Crippen molar-refractivity contribution in [2.24, 2.45) is 0 Å². The van der Waals surface area contributed by atoms with Crippen LogP contribution in [0.4, 0.5) is 4.39 Å². The number of carbonyl (C=O) groups excluding carboxylic acids is 1. The first kappa shape index (κ1) is 19.2. The van der Waals surface area contributed by atoms with Crippen molar-refractivity contribution in [3.63, 3.8) is 0 Å². The molecule has 0 aliphatic carbocycles. The van der Waals surface area contributed by atoms with Crippen molar-refractivity contribution in [2.75, 3.05) is 20.2 Å². The third-order valence-corrected chi connectivity index (χ3v) is 5.23. The molecule has 0 bridgehead atoms. The molecule has 1 aliphatic rings. The Labute approximate surface area is 169 Å². The number of hydrogen-bond donors (Lipinski definition) is 0. The smallest absolute Gasteiger partial charge is 0.257 e. The fraction of sp³-hybridized carbons (Fsp3) is 0.304. The highest BCUT2D eigenvalue weighted by atomic mass is 19.1. The van der Waals surface area contributed by atoms with E-state index in [9.17, 15) is 9.18 Å². The number of likely N-dealkylation sites (tertiary alicyclic amines) is 1. The van der Waals surface area contributed by atoms with Crippen molar-refractivity contribution >= 4 is 5.91 Å². The van der Waals surface area contributed by atoms with Gasteiger partial charge >= 0.3 is 0 Å². The number of hydrogen-bond acceptors (Lipinski definition) is 4. The van der Waals surface area contributed by atoms with Crippen molar-refractivity contribution in [1.82, 2.24) is 9.88 Å². The van der Waals surface area contributed by atoms with Crippen molar-refractivity contribution in [2.45, 2.75) is 25.2 Å². The second kappa shape index (κ2) is 8.47. The molecule has 1 aromatic heterocycles. The molecule has 2 aromatic carbocycles. The van der Waals surface area contributed by atoms with Gasteiger partial charge in [0, 0.05) is 19.5 Å². The molecule has 1 atom stereocenters. The molecule has 29 heavy (non-hydrogen) atoms. The largest absolute Gasteiger partial charge is 0.496 e. The van der Waals surface area contributed by atoms with E-state index in [-0.39, 0.29) is 17.6 Å². The van der Waals surface area contributed by atoms with E-state index in [1.54, 1.807) is 31.5 Å². The fourth-order valence-electron chi connectivity index (χ4n) is 3.80. The minimum Gasteiger partial charge on any atom is -0.496 e. The van der Waals surface area contributed by atoms with Crippen LogP contribution in [-0.2, 0) is 6.42 Å². The molecule has 6 heteroatoms. The van der Waals surface area contributed by atoms with E-state index in [4.69, 9.17) is 9.15 Å². The normalized spacial score (nSPS) is 16.6. The van der Waals surface area contributed by atoms with Crippen LogP contribution in [0.25, 0.3) is 0 Å². The zero-order chi connectivity index (χ0) is 20.2. The van der Waals surface area contributed by atoms with E-state index in [0.29, 0.717) is 42.5 Å². The van der Waals surface area contributed by atoms with E-state index >= 15 is 0 Å². The zero-order valence-corrected chi connectivity index (χ0v) is 16.3. The molecule has 150 valence electrons. The number of nitrogens with zero attached hydrogens (tertiary/aromatic N) is 2. The number of carbonyl (C=O) groups is 1. The van der Waals surface area contributed by atoms with Gasteiger partial charge < -0.3 is 14.1 Å². The second-order valence-corrected chi connectivity index (χ2v) is 7.26. The van der Waals surface area contributed by atoms with Crippen LogP contribution in [0.15, 0.2) is 59.1 Å². The van der Waals surface area contributed by atoms with Gasteiger partial charge in [-0.2, -0.15) is 0 Å². The van der Waals surface area contributed by atoms with E-state index < -0.39 is 0 Å². The Bertz CT molecular complexity index is 1000. The predicted octanol–water partition coefficient (Wildman–Crippen LogP) is 4.43. The van der Waals surface area contributed by atoms with Crippen molar-refractivity contribution in [3.05, 3.63) is 83.3 Å². The fourth-order valence-corrected chi connectivity index (χ4v) is 3.80. The molecule has 0 N–H and O–H groups in total. The number of amides is 1. The van der Waals surface area contributed by atoms with Gasteiger partial charge in [-0.3, -0.25) is 4.79 Å². The highest BCUT2D eigenvalue weighted by Crippen LogP contribution is 2.29. The lowest BCUT2D eigenvalue weighted by molar-refractivity contribution is 0.0694. The summed E-state index contributed by atoms with van der Waals surface area (Å²) in [5.41, 5.74) is 1.40. The maximum atomic E-state index is 13.4. The summed E-state index contributed by atoms with van der Waals surface area (Å²) in [7, 11) is 1.57. The Morgan fingerprint density at radius 2 is 2.14 bits per heavy atom. The molecule has 5 nitrogen and oxygen atoms in total. The van der Waals surface area contributed by atoms with Crippen LogP contribution in [0.5, 0.6) is 5.75 Å². The molecule has 3 aromatic rings. The van der Waals surface area contributed by atoms with Crippen LogP contribution in [0.1, 0.15) is 46.3 Å². The van der Waals surface area contributed by atoms with Gasteiger partial charge in [0.2, 0.25) is 0 Å². The first-order chi connectivity index (χ1) is 14.1. The number of piperidine rings is 1. The summed E-state index contributed by atoms with van der Waals surface area (Å²) in [5, 5.41) is 0. The minimum atomic E-state index is -0.264. The summed E-state index contributed by atoms with van der Waals surface area (Å²) in [5.74, 6) is 1.64. The number of methoxy groups -OCH3 is 1. The van der Waals surface area contributed by atoms with Crippen LogP contribution < -0.4 is 4.74 Å². The number of para-hydroxylation sites is 1. The Kier molecular flexibility index (Phi) is 5.60. The molecule has 1 amide bonds. The maximum Gasteiger partial charge on any atom is 0.257 e. The quantitative estimate of drug-likeness (QED) is 0.642. The van der Waals surface area contributed by atoms with E-state index in [1.807, 2.05) is 23.1 Å². The lowest BCUT2D eigenvalue weighted by atomic mass is 9.97.